The van der Waals surface area contributed by atoms with Crippen molar-refractivity contribution in [2.45, 2.75) is 65.5 Å². The van der Waals surface area contributed by atoms with E-state index >= 15 is 0 Å². The van der Waals surface area contributed by atoms with Crippen molar-refractivity contribution < 1.29 is 14.3 Å². The molecule has 7 heteroatoms. The fourth-order valence-electron chi connectivity index (χ4n) is 3.57. The molecule has 0 heterocycles. The summed E-state index contributed by atoms with van der Waals surface area (Å²) >= 11 is 12.4. The summed E-state index contributed by atoms with van der Waals surface area (Å²) in [6.07, 6.45) is 2.33. The van der Waals surface area contributed by atoms with Crippen LogP contribution in [0.2, 0.25) is 10.0 Å². The van der Waals surface area contributed by atoms with Gasteiger partial charge >= 0.3 is 0 Å². The van der Waals surface area contributed by atoms with Crippen LogP contribution in [0, 0.1) is 0 Å². The molecule has 0 aliphatic heterocycles. The van der Waals surface area contributed by atoms with E-state index < -0.39 is 6.04 Å². The molecular formula is C26H34Cl2N2O3. The zero-order valence-electron chi connectivity index (χ0n) is 19.9. The molecular weight excluding hydrogens is 459 g/mol. The average molecular weight is 493 g/mol. The Labute approximate surface area is 207 Å². The van der Waals surface area contributed by atoms with E-state index in [1.165, 1.54) is 0 Å². The minimum atomic E-state index is -0.634. The summed E-state index contributed by atoms with van der Waals surface area (Å²) in [4.78, 5) is 27.9. The predicted molar refractivity (Wildman–Crippen MR) is 135 cm³/mol. The van der Waals surface area contributed by atoms with Gasteiger partial charge in [0, 0.05) is 23.1 Å². The largest absolute Gasteiger partial charge is 0.483 e. The standard InChI is InChI=1S/C26H34Cl2N2O3/c1-5-7-14-29-26(32)23(6-2)30(16-19-12-13-20(27)15-22(19)28)25(31)17-33-24-11-9-8-10-21(24)18(3)4/h8-13,15,18,23H,5-7,14,16-17H2,1-4H3,(H,29,32)/t23-/m0/s1. The summed E-state index contributed by atoms with van der Waals surface area (Å²) in [6, 6.07) is 12.2. The first kappa shape index (κ1) is 27.0. The van der Waals surface area contributed by atoms with Crippen LogP contribution in [-0.4, -0.2) is 35.9 Å². The minimum Gasteiger partial charge on any atom is -0.483 e. The maximum Gasteiger partial charge on any atom is 0.261 e. The SMILES string of the molecule is CCCCNC(=O)[C@H](CC)N(Cc1ccc(Cl)cc1Cl)C(=O)COc1ccccc1C(C)C. The highest BCUT2D eigenvalue weighted by atomic mass is 35.5. The Balaban J connectivity index is 2.26. The van der Waals surface area contributed by atoms with Gasteiger partial charge in [0.05, 0.1) is 0 Å². The highest BCUT2D eigenvalue weighted by Gasteiger charge is 2.29. The van der Waals surface area contributed by atoms with Crippen LogP contribution in [0.3, 0.4) is 0 Å². The van der Waals surface area contributed by atoms with Gasteiger partial charge in [0.1, 0.15) is 11.8 Å². The van der Waals surface area contributed by atoms with Crippen LogP contribution in [0.1, 0.15) is 64.0 Å². The zero-order valence-corrected chi connectivity index (χ0v) is 21.4. The highest BCUT2D eigenvalue weighted by Crippen LogP contribution is 2.27. The summed E-state index contributed by atoms with van der Waals surface area (Å²) in [7, 11) is 0. The fraction of sp³-hybridized carbons (Fsp3) is 0.462. The van der Waals surface area contributed by atoms with Crippen molar-refractivity contribution in [2.75, 3.05) is 13.2 Å². The molecule has 0 radical (unpaired) electrons. The number of halogens is 2. The second kappa shape index (κ2) is 13.5. The highest BCUT2D eigenvalue weighted by molar-refractivity contribution is 6.35. The van der Waals surface area contributed by atoms with Crippen LogP contribution in [-0.2, 0) is 16.1 Å². The molecule has 0 spiro atoms. The number of carbonyl (C=O) groups is 2. The smallest absolute Gasteiger partial charge is 0.261 e. The van der Waals surface area contributed by atoms with E-state index in [1.54, 1.807) is 23.1 Å². The Kier molecular flexibility index (Phi) is 11.0. The van der Waals surface area contributed by atoms with Gasteiger partial charge in [0.25, 0.3) is 5.91 Å². The average Bonchev–Trinajstić information content (AvgIpc) is 2.79. The quantitative estimate of drug-likeness (QED) is 0.357. The summed E-state index contributed by atoms with van der Waals surface area (Å²) in [5.41, 5.74) is 1.75. The molecule has 0 aliphatic rings. The van der Waals surface area contributed by atoms with Gasteiger partial charge in [0.15, 0.2) is 6.61 Å². The van der Waals surface area contributed by atoms with E-state index in [4.69, 9.17) is 27.9 Å². The lowest BCUT2D eigenvalue weighted by Crippen LogP contribution is -2.50. The van der Waals surface area contributed by atoms with Crippen molar-refractivity contribution in [3.05, 3.63) is 63.6 Å². The van der Waals surface area contributed by atoms with Crippen LogP contribution in [0.4, 0.5) is 0 Å². The van der Waals surface area contributed by atoms with Gasteiger partial charge in [-0.2, -0.15) is 0 Å². The number of hydrogen-bond acceptors (Lipinski definition) is 3. The van der Waals surface area contributed by atoms with Gasteiger partial charge < -0.3 is 15.0 Å². The number of benzene rings is 2. The maximum atomic E-state index is 13.4. The third-order valence-corrected chi connectivity index (χ3v) is 6.05. The lowest BCUT2D eigenvalue weighted by molar-refractivity contribution is -0.143. The first-order valence-electron chi connectivity index (χ1n) is 11.5. The number of para-hydroxylation sites is 1. The first-order valence-corrected chi connectivity index (χ1v) is 12.3. The van der Waals surface area contributed by atoms with Crippen LogP contribution < -0.4 is 10.1 Å². The third-order valence-electron chi connectivity index (χ3n) is 5.46. The van der Waals surface area contributed by atoms with Crippen LogP contribution >= 0.6 is 23.2 Å². The van der Waals surface area contributed by atoms with Crippen LogP contribution in [0.5, 0.6) is 5.75 Å². The van der Waals surface area contributed by atoms with E-state index in [0.29, 0.717) is 28.8 Å². The van der Waals surface area contributed by atoms with Crippen LogP contribution in [0.25, 0.3) is 0 Å². The predicted octanol–water partition coefficient (Wildman–Crippen LogP) is 6.22. The number of ether oxygens (including phenoxy) is 1. The molecule has 0 unspecified atom stereocenters. The van der Waals surface area contributed by atoms with Crippen molar-refractivity contribution in [3.63, 3.8) is 0 Å². The zero-order chi connectivity index (χ0) is 24.4. The van der Waals surface area contributed by atoms with Gasteiger partial charge in [-0.1, -0.05) is 81.6 Å². The Bertz CT molecular complexity index is 934. The summed E-state index contributed by atoms with van der Waals surface area (Å²) in [6.45, 7) is 8.70. The molecule has 0 aromatic heterocycles. The normalized spacial score (nSPS) is 11.8. The molecule has 2 aromatic carbocycles. The van der Waals surface area contributed by atoms with E-state index in [9.17, 15) is 9.59 Å². The maximum absolute atomic E-state index is 13.4. The fourth-order valence-corrected chi connectivity index (χ4v) is 4.04. The van der Waals surface area contributed by atoms with Crippen molar-refractivity contribution in [2.24, 2.45) is 0 Å². The van der Waals surface area contributed by atoms with Crippen LogP contribution in [0.15, 0.2) is 42.5 Å². The van der Waals surface area contributed by atoms with Gasteiger partial charge in [-0.15, -0.1) is 0 Å². The third kappa shape index (κ3) is 7.94. The monoisotopic (exact) mass is 492 g/mol. The van der Waals surface area contributed by atoms with Gasteiger partial charge in [-0.25, -0.2) is 0 Å². The number of nitrogens with one attached hydrogen (secondary N) is 1. The molecule has 33 heavy (non-hydrogen) atoms. The summed E-state index contributed by atoms with van der Waals surface area (Å²) in [5.74, 6) is 0.475. The number of unbranched alkanes of at least 4 members (excludes halogenated alkanes) is 1. The topological polar surface area (TPSA) is 58.6 Å². The van der Waals surface area contributed by atoms with E-state index in [0.717, 1.165) is 24.0 Å². The Morgan fingerprint density at radius 1 is 1.09 bits per heavy atom. The lowest BCUT2D eigenvalue weighted by atomic mass is 10.0. The molecule has 0 aliphatic carbocycles. The van der Waals surface area contributed by atoms with E-state index in [-0.39, 0.29) is 30.9 Å². The Hall–Kier alpha value is -2.24. The summed E-state index contributed by atoms with van der Waals surface area (Å²) < 4.78 is 5.92. The van der Waals surface area contributed by atoms with Gasteiger partial charge in [0.2, 0.25) is 5.91 Å². The van der Waals surface area contributed by atoms with Gasteiger partial charge in [-0.05, 0) is 48.1 Å². The Morgan fingerprint density at radius 2 is 1.82 bits per heavy atom. The molecule has 1 N–H and O–H groups in total. The number of amides is 2. The van der Waals surface area contributed by atoms with Crippen molar-refractivity contribution in [1.82, 2.24) is 10.2 Å². The minimum absolute atomic E-state index is 0.173. The molecule has 0 saturated heterocycles. The molecule has 2 rings (SSSR count). The second-order valence-electron chi connectivity index (χ2n) is 8.31. The second-order valence-corrected chi connectivity index (χ2v) is 9.15. The number of nitrogens with zero attached hydrogens (tertiary/aromatic N) is 1. The van der Waals surface area contributed by atoms with Crippen molar-refractivity contribution in [3.8, 4) is 5.75 Å². The molecule has 0 saturated carbocycles. The molecule has 0 fully saturated rings. The van der Waals surface area contributed by atoms with Crippen molar-refractivity contribution in [1.29, 1.82) is 0 Å². The van der Waals surface area contributed by atoms with E-state index in [1.807, 2.05) is 31.2 Å². The molecule has 180 valence electrons. The number of hydrogen-bond donors (Lipinski definition) is 1. The molecule has 5 nitrogen and oxygen atoms in total. The molecule has 1 atom stereocenters. The molecule has 0 bridgehead atoms. The molecule has 2 aromatic rings. The van der Waals surface area contributed by atoms with Crippen molar-refractivity contribution >= 4 is 35.0 Å². The number of rotatable bonds is 12. The Morgan fingerprint density at radius 3 is 2.45 bits per heavy atom. The number of carbonyl (C=O) groups excluding carboxylic acids is 2. The van der Waals surface area contributed by atoms with E-state index in [2.05, 4.69) is 26.1 Å². The molecule has 2 amide bonds. The summed E-state index contributed by atoms with van der Waals surface area (Å²) in [5, 5.41) is 3.91. The van der Waals surface area contributed by atoms with Gasteiger partial charge in [-0.3, -0.25) is 9.59 Å². The lowest BCUT2D eigenvalue weighted by Gasteiger charge is -2.31. The first-order chi connectivity index (χ1) is 15.8.